The highest BCUT2D eigenvalue weighted by molar-refractivity contribution is 6.13. The number of hydrogen-bond donors (Lipinski definition) is 0. The van der Waals surface area contributed by atoms with Crippen molar-refractivity contribution in [3.8, 4) is 12.3 Å². The van der Waals surface area contributed by atoms with Crippen molar-refractivity contribution in [3.63, 3.8) is 0 Å². The molecule has 2 heterocycles. The van der Waals surface area contributed by atoms with E-state index >= 15 is 0 Å². The maximum absolute atomic E-state index is 5.43. The standard InChI is InChI=1S/C21H22N4O/c1-4-13-26-23-21-16(14-25-12-11-22-15(25)2)9-10-19-20(21)17-7-5-6-8-18(17)24(19)3/h1,5-8,11-12,16H,9-10,13-14H2,2-3H3/b23-21+. The Kier molecular flexibility index (Phi) is 4.26. The fourth-order valence-electron chi connectivity index (χ4n) is 3.95. The molecule has 0 spiro atoms. The van der Waals surface area contributed by atoms with E-state index in [1.165, 1.54) is 22.2 Å². The van der Waals surface area contributed by atoms with Crippen molar-refractivity contribution in [3.05, 3.63) is 53.7 Å². The van der Waals surface area contributed by atoms with Crippen LogP contribution in [0, 0.1) is 25.2 Å². The van der Waals surface area contributed by atoms with Gasteiger partial charge in [-0.15, -0.1) is 6.42 Å². The normalized spacial score (nSPS) is 18.0. The number of oxime groups is 1. The Labute approximate surface area is 153 Å². The predicted molar refractivity (Wildman–Crippen MR) is 103 cm³/mol. The Balaban J connectivity index is 1.81. The Morgan fingerprint density at radius 3 is 3.00 bits per heavy atom. The Hall–Kier alpha value is -3.00. The minimum atomic E-state index is 0.181. The van der Waals surface area contributed by atoms with E-state index in [-0.39, 0.29) is 12.5 Å². The van der Waals surface area contributed by atoms with Gasteiger partial charge in [0.1, 0.15) is 5.82 Å². The molecule has 0 fully saturated rings. The number of para-hydroxylation sites is 1. The van der Waals surface area contributed by atoms with Gasteiger partial charge < -0.3 is 14.0 Å². The third-order valence-corrected chi connectivity index (χ3v) is 5.25. The summed E-state index contributed by atoms with van der Waals surface area (Å²) in [6.07, 6.45) is 11.2. The number of terminal acetylenes is 1. The van der Waals surface area contributed by atoms with Crippen LogP contribution in [0.5, 0.6) is 0 Å². The molecule has 0 amide bonds. The van der Waals surface area contributed by atoms with Crippen LogP contribution >= 0.6 is 0 Å². The molecule has 4 rings (SSSR count). The molecule has 5 nitrogen and oxygen atoms in total. The van der Waals surface area contributed by atoms with Crippen LogP contribution in [0.2, 0.25) is 0 Å². The first-order valence-corrected chi connectivity index (χ1v) is 8.88. The van der Waals surface area contributed by atoms with E-state index in [9.17, 15) is 0 Å². The third kappa shape index (κ3) is 2.68. The van der Waals surface area contributed by atoms with Gasteiger partial charge in [0.25, 0.3) is 0 Å². The molecule has 0 N–H and O–H groups in total. The van der Waals surface area contributed by atoms with Gasteiger partial charge in [-0.1, -0.05) is 29.3 Å². The van der Waals surface area contributed by atoms with Crippen LogP contribution in [0.15, 0.2) is 41.8 Å². The van der Waals surface area contributed by atoms with Gasteiger partial charge in [0.05, 0.1) is 5.71 Å². The second kappa shape index (κ2) is 6.72. The van der Waals surface area contributed by atoms with Crippen molar-refractivity contribution in [2.24, 2.45) is 18.1 Å². The molecule has 0 aliphatic heterocycles. The summed E-state index contributed by atoms with van der Waals surface area (Å²) in [5.41, 5.74) is 4.73. The molecule has 3 aromatic rings. The number of imidazole rings is 1. The summed E-state index contributed by atoms with van der Waals surface area (Å²) in [7, 11) is 2.13. The summed E-state index contributed by atoms with van der Waals surface area (Å²) in [5, 5.41) is 5.72. The first-order valence-electron chi connectivity index (χ1n) is 8.88. The zero-order chi connectivity index (χ0) is 18.1. The molecule has 0 saturated heterocycles. The average molecular weight is 346 g/mol. The quantitative estimate of drug-likeness (QED) is 0.413. The van der Waals surface area contributed by atoms with E-state index in [1.807, 2.05) is 19.3 Å². The predicted octanol–water partition coefficient (Wildman–Crippen LogP) is 3.30. The number of aryl methyl sites for hydroxylation is 2. The van der Waals surface area contributed by atoms with Crippen LogP contribution in [0.3, 0.4) is 0 Å². The second-order valence-corrected chi connectivity index (χ2v) is 6.71. The maximum Gasteiger partial charge on any atom is 0.177 e. The summed E-state index contributed by atoms with van der Waals surface area (Å²) in [4.78, 5) is 9.78. The molecule has 1 unspecified atom stereocenters. The van der Waals surface area contributed by atoms with Gasteiger partial charge in [-0.05, 0) is 25.8 Å². The molecule has 26 heavy (non-hydrogen) atoms. The molecule has 0 bridgehead atoms. The molecule has 2 aromatic heterocycles. The Bertz CT molecular complexity index is 1020. The van der Waals surface area contributed by atoms with E-state index in [4.69, 9.17) is 11.3 Å². The minimum absolute atomic E-state index is 0.181. The molecular formula is C21H22N4O. The highest BCUT2D eigenvalue weighted by atomic mass is 16.6. The summed E-state index contributed by atoms with van der Waals surface area (Å²) in [6.45, 7) is 3.05. The van der Waals surface area contributed by atoms with Gasteiger partial charge in [0, 0.05) is 54.1 Å². The van der Waals surface area contributed by atoms with Crippen molar-refractivity contribution in [1.29, 1.82) is 0 Å². The van der Waals surface area contributed by atoms with Gasteiger partial charge >= 0.3 is 0 Å². The molecule has 1 atom stereocenters. The number of fused-ring (bicyclic) bond motifs is 3. The van der Waals surface area contributed by atoms with Crippen molar-refractivity contribution in [2.45, 2.75) is 26.3 Å². The molecular weight excluding hydrogens is 324 g/mol. The van der Waals surface area contributed by atoms with Crippen molar-refractivity contribution >= 4 is 16.6 Å². The van der Waals surface area contributed by atoms with Gasteiger partial charge in [0.2, 0.25) is 0 Å². The van der Waals surface area contributed by atoms with Crippen LogP contribution in [0.1, 0.15) is 23.5 Å². The second-order valence-electron chi connectivity index (χ2n) is 6.71. The van der Waals surface area contributed by atoms with E-state index in [1.54, 1.807) is 0 Å². The molecule has 0 radical (unpaired) electrons. The number of hydrogen-bond acceptors (Lipinski definition) is 3. The summed E-state index contributed by atoms with van der Waals surface area (Å²) >= 11 is 0. The monoisotopic (exact) mass is 346 g/mol. The van der Waals surface area contributed by atoms with Crippen molar-refractivity contribution in [2.75, 3.05) is 6.61 Å². The molecule has 5 heteroatoms. The SMILES string of the molecule is C#CCO/N=C1/c2c(n(C)c3ccccc23)CCC1Cn1ccnc1C. The lowest BCUT2D eigenvalue weighted by atomic mass is 9.84. The Morgan fingerprint density at radius 2 is 2.23 bits per heavy atom. The van der Waals surface area contributed by atoms with E-state index in [2.05, 4.69) is 56.5 Å². The third-order valence-electron chi connectivity index (χ3n) is 5.25. The zero-order valence-corrected chi connectivity index (χ0v) is 15.1. The fraction of sp³-hybridized carbons (Fsp3) is 0.333. The minimum Gasteiger partial charge on any atom is -0.382 e. The van der Waals surface area contributed by atoms with Crippen LogP contribution in [0.4, 0.5) is 0 Å². The summed E-state index contributed by atoms with van der Waals surface area (Å²) < 4.78 is 4.46. The lowest BCUT2D eigenvalue weighted by Crippen LogP contribution is -2.28. The maximum atomic E-state index is 5.43. The van der Waals surface area contributed by atoms with E-state index < -0.39 is 0 Å². The number of nitrogens with zero attached hydrogens (tertiary/aromatic N) is 4. The highest BCUT2D eigenvalue weighted by Crippen LogP contribution is 2.35. The summed E-state index contributed by atoms with van der Waals surface area (Å²) in [6, 6.07) is 8.47. The highest BCUT2D eigenvalue weighted by Gasteiger charge is 2.31. The number of aromatic nitrogens is 3. The first-order chi connectivity index (χ1) is 12.7. The van der Waals surface area contributed by atoms with Gasteiger partial charge in [-0.3, -0.25) is 0 Å². The smallest absolute Gasteiger partial charge is 0.177 e. The molecule has 132 valence electrons. The van der Waals surface area contributed by atoms with Gasteiger partial charge in [0.15, 0.2) is 6.61 Å². The van der Waals surface area contributed by atoms with Crippen molar-refractivity contribution in [1.82, 2.24) is 14.1 Å². The van der Waals surface area contributed by atoms with Gasteiger partial charge in [-0.2, -0.15) is 0 Å². The first kappa shape index (κ1) is 16.5. The van der Waals surface area contributed by atoms with E-state index in [0.717, 1.165) is 30.9 Å². The average Bonchev–Trinajstić information content (AvgIpc) is 3.19. The molecule has 1 aliphatic carbocycles. The number of rotatable bonds is 4. The lowest BCUT2D eigenvalue weighted by molar-refractivity contribution is 0.177. The fourth-order valence-corrected chi connectivity index (χ4v) is 3.95. The van der Waals surface area contributed by atoms with Crippen LogP contribution in [-0.4, -0.2) is 26.4 Å². The van der Waals surface area contributed by atoms with Crippen LogP contribution < -0.4 is 0 Å². The topological polar surface area (TPSA) is 44.3 Å². The largest absolute Gasteiger partial charge is 0.382 e. The molecule has 1 aliphatic rings. The van der Waals surface area contributed by atoms with Crippen LogP contribution in [-0.2, 0) is 24.9 Å². The van der Waals surface area contributed by atoms with Gasteiger partial charge in [-0.25, -0.2) is 4.98 Å². The Morgan fingerprint density at radius 1 is 1.38 bits per heavy atom. The lowest BCUT2D eigenvalue weighted by Gasteiger charge is -2.26. The van der Waals surface area contributed by atoms with Crippen molar-refractivity contribution < 1.29 is 4.84 Å². The summed E-state index contributed by atoms with van der Waals surface area (Å²) in [5.74, 6) is 3.77. The number of benzene rings is 1. The van der Waals surface area contributed by atoms with Crippen LogP contribution in [0.25, 0.3) is 10.9 Å². The molecule has 1 aromatic carbocycles. The van der Waals surface area contributed by atoms with E-state index in [0.29, 0.717) is 0 Å². The zero-order valence-electron chi connectivity index (χ0n) is 15.1. The molecule has 0 saturated carbocycles.